The summed E-state index contributed by atoms with van der Waals surface area (Å²) in [6.45, 7) is 9.39. The molecule has 0 bridgehead atoms. The minimum atomic E-state index is -0.659. The van der Waals surface area contributed by atoms with E-state index >= 15 is 0 Å². The van der Waals surface area contributed by atoms with E-state index < -0.39 is 18.1 Å². The van der Waals surface area contributed by atoms with Gasteiger partial charge in [-0.15, -0.1) is 0 Å². The molecule has 0 aromatic heterocycles. The van der Waals surface area contributed by atoms with E-state index in [1.165, 1.54) is 0 Å². The highest BCUT2D eigenvalue weighted by Gasteiger charge is 2.47. The molecule has 2 saturated heterocycles. The lowest BCUT2D eigenvalue weighted by Crippen LogP contribution is -2.58. The molecule has 212 valence electrons. The van der Waals surface area contributed by atoms with Gasteiger partial charge >= 0.3 is 0 Å². The van der Waals surface area contributed by atoms with E-state index in [2.05, 4.69) is 29.4 Å². The third-order valence-corrected chi connectivity index (χ3v) is 8.32. The van der Waals surface area contributed by atoms with Crippen LogP contribution >= 0.6 is 0 Å². The summed E-state index contributed by atoms with van der Waals surface area (Å²) in [7, 11) is 1.63. The number of nitrogens with zero attached hydrogens (tertiary/aromatic N) is 2. The Hall–Kier alpha value is -2.65. The highest BCUT2D eigenvalue weighted by atomic mass is 16.5. The number of benzene rings is 1. The zero-order valence-electron chi connectivity index (χ0n) is 23.6. The van der Waals surface area contributed by atoms with E-state index in [0.717, 1.165) is 56.6 Å². The number of carbonyl (C=O) groups is 3. The second kappa shape index (κ2) is 14.5. The molecule has 0 radical (unpaired) electrons. The summed E-state index contributed by atoms with van der Waals surface area (Å²) in [4.78, 5) is 44.2. The van der Waals surface area contributed by atoms with E-state index in [-0.39, 0.29) is 29.7 Å². The molecule has 0 saturated carbocycles. The number of amides is 3. The van der Waals surface area contributed by atoms with Crippen LogP contribution in [0.25, 0.3) is 0 Å². The maximum absolute atomic E-state index is 14.0. The molecule has 1 aromatic rings. The number of nitrogens with one attached hydrogen (secondary N) is 2. The second-order valence-corrected chi connectivity index (χ2v) is 10.5. The van der Waals surface area contributed by atoms with Gasteiger partial charge in [0.25, 0.3) is 0 Å². The van der Waals surface area contributed by atoms with Crippen molar-refractivity contribution in [1.29, 1.82) is 0 Å². The Balaban J connectivity index is 1.70. The first-order chi connectivity index (χ1) is 18.3. The zero-order valence-corrected chi connectivity index (χ0v) is 23.6. The first kappa shape index (κ1) is 29.9. The summed E-state index contributed by atoms with van der Waals surface area (Å²) >= 11 is 0. The summed E-state index contributed by atoms with van der Waals surface area (Å²) in [5.41, 5.74) is 7.12. The Morgan fingerprint density at radius 3 is 2.42 bits per heavy atom. The summed E-state index contributed by atoms with van der Waals surface area (Å²) in [6, 6.07) is 5.99. The number of carbonyl (C=O) groups excluding carboxylic acids is 3. The molecule has 9 heteroatoms. The summed E-state index contributed by atoms with van der Waals surface area (Å²) in [5.74, 6) is 0.261. The van der Waals surface area contributed by atoms with Crippen LogP contribution < -0.4 is 21.1 Å². The van der Waals surface area contributed by atoms with Gasteiger partial charge in [0.05, 0.1) is 13.2 Å². The van der Waals surface area contributed by atoms with Crippen molar-refractivity contribution in [1.82, 2.24) is 20.4 Å². The number of nitrogens with two attached hydrogens (primary N) is 1. The van der Waals surface area contributed by atoms with Crippen molar-refractivity contribution in [2.45, 2.75) is 89.9 Å². The standard InChI is InChI=1S/C29H47N5O4/c1-5-24(30)27(35)32-26-21(17-19-33(6-2)7-3)10-11-22-12-15-25(34(22)29(26)37)28(36)31-18-16-20-8-13-23(38-4)14-9-20/h8-9,13-14,21-22,24-26H,5-7,10-12,15-19,30H2,1-4H3,(H,31,36)(H,32,35)/t21-,22+,24+,25+,26+/m1/s1. The summed E-state index contributed by atoms with van der Waals surface area (Å²) < 4.78 is 5.21. The van der Waals surface area contributed by atoms with Gasteiger partial charge in [0, 0.05) is 12.6 Å². The van der Waals surface area contributed by atoms with Crippen LogP contribution in [0, 0.1) is 5.92 Å². The highest BCUT2D eigenvalue weighted by Crippen LogP contribution is 2.35. The second-order valence-electron chi connectivity index (χ2n) is 10.5. The molecule has 4 N–H and O–H groups in total. The van der Waals surface area contributed by atoms with Gasteiger partial charge in [0.15, 0.2) is 0 Å². The van der Waals surface area contributed by atoms with Gasteiger partial charge in [0.2, 0.25) is 17.7 Å². The maximum atomic E-state index is 14.0. The number of rotatable bonds is 13. The Morgan fingerprint density at radius 2 is 1.79 bits per heavy atom. The Bertz CT molecular complexity index is 920. The Morgan fingerprint density at radius 1 is 1.11 bits per heavy atom. The monoisotopic (exact) mass is 529 g/mol. The van der Waals surface area contributed by atoms with Crippen molar-refractivity contribution >= 4 is 17.7 Å². The number of hydrogen-bond donors (Lipinski definition) is 3. The largest absolute Gasteiger partial charge is 0.497 e. The quantitative estimate of drug-likeness (QED) is 0.360. The van der Waals surface area contributed by atoms with Gasteiger partial charge in [-0.05, 0) is 88.2 Å². The fourth-order valence-corrected chi connectivity index (χ4v) is 5.76. The minimum Gasteiger partial charge on any atom is -0.497 e. The summed E-state index contributed by atoms with van der Waals surface area (Å²) in [6.07, 6.45) is 5.15. The number of fused-ring (bicyclic) bond motifs is 1. The van der Waals surface area contributed by atoms with Crippen molar-refractivity contribution in [2.75, 3.05) is 33.3 Å². The average Bonchev–Trinajstić information content (AvgIpc) is 3.32. The lowest BCUT2D eigenvalue weighted by atomic mass is 9.89. The molecule has 0 spiro atoms. The molecule has 9 nitrogen and oxygen atoms in total. The molecule has 1 aromatic carbocycles. The van der Waals surface area contributed by atoms with E-state index in [9.17, 15) is 14.4 Å². The van der Waals surface area contributed by atoms with E-state index in [4.69, 9.17) is 10.5 Å². The predicted molar refractivity (Wildman–Crippen MR) is 149 cm³/mol. The van der Waals surface area contributed by atoms with Gasteiger partial charge in [-0.1, -0.05) is 32.9 Å². The number of methoxy groups -OCH3 is 1. The normalized spacial score (nSPS) is 24.1. The van der Waals surface area contributed by atoms with Crippen molar-refractivity contribution < 1.29 is 19.1 Å². The molecule has 2 fully saturated rings. The fourth-order valence-electron chi connectivity index (χ4n) is 5.76. The number of hydrogen-bond acceptors (Lipinski definition) is 6. The molecule has 2 aliphatic rings. The van der Waals surface area contributed by atoms with Crippen LogP contribution in [-0.2, 0) is 20.8 Å². The van der Waals surface area contributed by atoms with Gasteiger partial charge in [-0.2, -0.15) is 0 Å². The molecule has 3 rings (SSSR count). The topological polar surface area (TPSA) is 117 Å². The molecule has 5 atom stereocenters. The van der Waals surface area contributed by atoms with Gasteiger partial charge in [-0.3, -0.25) is 14.4 Å². The van der Waals surface area contributed by atoms with Crippen molar-refractivity contribution in [3.8, 4) is 5.75 Å². The maximum Gasteiger partial charge on any atom is 0.246 e. The lowest BCUT2D eigenvalue weighted by molar-refractivity contribution is -0.143. The molecule has 3 amide bonds. The van der Waals surface area contributed by atoms with Crippen LogP contribution in [0.4, 0.5) is 0 Å². The lowest BCUT2D eigenvalue weighted by Gasteiger charge is -2.33. The number of ether oxygens (including phenoxy) is 1. The molecular formula is C29H47N5O4. The first-order valence-electron chi connectivity index (χ1n) is 14.3. The van der Waals surface area contributed by atoms with Crippen LogP contribution in [0.2, 0.25) is 0 Å². The first-order valence-corrected chi connectivity index (χ1v) is 14.3. The van der Waals surface area contributed by atoms with Crippen LogP contribution in [-0.4, -0.2) is 85.0 Å². The smallest absolute Gasteiger partial charge is 0.246 e. The molecule has 0 aliphatic carbocycles. The summed E-state index contributed by atoms with van der Waals surface area (Å²) in [5, 5.41) is 6.05. The SMILES string of the molecule is CC[C@H](N)C(=O)N[C@@H]1C(=O)N2[C@@H](CC[C@@H]1CCN(CC)CC)CC[C@H]2C(=O)NCCc1ccc(OC)cc1. The van der Waals surface area contributed by atoms with Gasteiger partial charge in [0.1, 0.15) is 17.8 Å². The van der Waals surface area contributed by atoms with Crippen LogP contribution in [0.5, 0.6) is 5.75 Å². The average molecular weight is 530 g/mol. The van der Waals surface area contributed by atoms with Gasteiger partial charge < -0.3 is 30.9 Å². The van der Waals surface area contributed by atoms with Crippen molar-refractivity contribution in [2.24, 2.45) is 11.7 Å². The third-order valence-electron chi connectivity index (χ3n) is 8.32. The third kappa shape index (κ3) is 7.47. The van der Waals surface area contributed by atoms with Crippen LogP contribution in [0.1, 0.15) is 64.9 Å². The van der Waals surface area contributed by atoms with Crippen molar-refractivity contribution in [3.05, 3.63) is 29.8 Å². The molecular weight excluding hydrogens is 482 g/mol. The predicted octanol–water partition coefficient (Wildman–Crippen LogP) is 2.08. The molecule has 38 heavy (non-hydrogen) atoms. The van der Waals surface area contributed by atoms with E-state index in [1.807, 2.05) is 31.2 Å². The molecule has 2 heterocycles. The fraction of sp³-hybridized carbons (Fsp3) is 0.690. The van der Waals surface area contributed by atoms with Gasteiger partial charge in [-0.25, -0.2) is 0 Å². The minimum absolute atomic E-state index is 0.0143. The van der Waals surface area contributed by atoms with Crippen molar-refractivity contribution in [3.63, 3.8) is 0 Å². The van der Waals surface area contributed by atoms with Crippen LogP contribution in [0.3, 0.4) is 0 Å². The highest BCUT2D eigenvalue weighted by molar-refractivity contribution is 5.94. The Labute approximate surface area is 227 Å². The molecule has 2 aliphatic heterocycles. The van der Waals surface area contributed by atoms with E-state index in [0.29, 0.717) is 25.8 Å². The van der Waals surface area contributed by atoms with E-state index in [1.54, 1.807) is 12.0 Å². The molecule has 0 unspecified atom stereocenters. The zero-order chi connectivity index (χ0) is 27.7. The Kier molecular flexibility index (Phi) is 11.4. The van der Waals surface area contributed by atoms with Crippen LogP contribution in [0.15, 0.2) is 24.3 Å².